The van der Waals surface area contributed by atoms with E-state index in [2.05, 4.69) is 14.9 Å². The van der Waals surface area contributed by atoms with Crippen molar-refractivity contribution in [2.24, 2.45) is 0 Å². The lowest BCUT2D eigenvalue weighted by Crippen LogP contribution is -2.36. The first-order valence-electron chi connectivity index (χ1n) is 5.30. The summed E-state index contributed by atoms with van der Waals surface area (Å²) in [5.41, 5.74) is 2.21. The smallest absolute Gasteiger partial charge is 0.131 e. The molecule has 0 spiro atoms. The highest BCUT2D eigenvalue weighted by molar-refractivity contribution is 6.30. The molecule has 1 saturated heterocycles. The molecule has 1 N–H and O–H groups in total. The van der Waals surface area contributed by atoms with Crippen LogP contribution in [0.4, 0.5) is 5.69 Å². The molecule has 0 atom stereocenters. The predicted octanol–water partition coefficient (Wildman–Crippen LogP) is 2.05. The number of ether oxygens (including phenoxy) is 1. The Morgan fingerprint density at radius 1 is 1.38 bits per heavy atom. The second-order valence-electron chi connectivity index (χ2n) is 3.83. The summed E-state index contributed by atoms with van der Waals surface area (Å²) < 4.78 is 5.34. The number of nitrogens with one attached hydrogen (secondary N) is 1. The first-order chi connectivity index (χ1) is 7.84. The number of nitrogens with zero attached hydrogens (tertiary/aromatic N) is 2. The second-order valence-corrected chi connectivity index (χ2v) is 4.21. The van der Waals surface area contributed by atoms with Gasteiger partial charge >= 0.3 is 0 Å². The van der Waals surface area contributed by atoms with Crippen LogP contribution in [0.15, 0.2) is 18.5 Å². The van der Waals surface area contributed by atoms with Crippen LogP contribution in [-0.2, 0) is 4.74 Å². The minimum Gasteiger partial charge on any atom is -0.378 e. The average Bonchev–Trinajstić information content (AvgIpc) is 2.73. The summed E-state index contributed by atoms with van der Waals surface area (Å²) in [6.45, 7) is 3.42. The van der Waals surface area contributed by atoms with Gasteiger partial charge in [-0.2, -0.15) is 0 Å². The fourth-order valence-electron chi connectivity index (χ4n) is 2.04. The molecule has 16 heavy (non-hydrogen) atoms. The van der Waals surface area contributed by atoms with Gasteiger partial charge in [-0.05, 0) is 6.07 Å². The third-order valence-electron chi connectivity index (χ3n) is 2.86. The van der Waals surface area contributed by atoms with Crippen LogP contribution >= 0.6 is 11.6 Å². The van der Waals surface area contributed by atoms with Crippen LogP contribution in [0, 0.1) is 0 Å². The van der Waals surface area contributed by atoms with E-state index in [0.29, 0.717) is 5.15 Å². The second kappa shape index (κ2) is 3.96. The molecule has 3 heterocycles. The molecule has 1 aliphatic rings. The Hall–Kier alpha value is -1.26. The topological polar surface area (TPSA) is 41.2 Å². The van der Waals surface area contributed by atoms with Gasteiger partial charge in [0.1, 0.15) is 5.15 Å². The summed E-state index contributed by atoms with van der Waals surface area (Å²) in [7, 11) is 0. The number of rotatable bonds is 1. The quantitative estimate of drug-likeness (QED) is 0.772. The molecule has 84 valence electrons. The number of hydrogen-bond donors (Lipinski definition) is 1. The molecule has 0 unspecified atom stereocenters. The van der Waals surface area contributed by atoms with Crippen molar-refractivity contribution in [1.29, 1.82) is 0 Å². The van der Waals surface area contributed by atoms with Crippen molar-refractivity contribution in [1.82, 2.24) is 9.97 Å². The van der Waals surface area contributed by atoms with Crippen molar-refractivity contribution in [3.05, 3.63) is 23.6 Å². The fraction of sp³-hybridized carbons (Fsp3) is 0.364. The van der Waals surface area contributed by atoms with Gasteiger partial charge in [0, 0.05) is 30.9 Å². The van der Waals surface area contributed by atoms with E-state index in [-0.39, 0.29) is 0 Å². The Bertz CT molecular complexity index is 505. The average molecular weight is 238 g/mol. The molecule has 0 amide bonds. The van der Waals surface area contributed by atoms with E-state index in [1.54, 1.807) is 0 Å². The van der Waals surface area contributed by atoms with E-state index in [4.69, 9.17) is 16.3 Å². The molecule has 1 aliphatic heterocycles. The molecule has 5 heteroatoms. The molecular formula is C11H12ClN3O. The lowest BCUT2D eigenvalue weighted by Gasteiger charge is -2.28. The Labute approximate surface area is 98.2 Å². The monoisotopic (exact) mass is 237 g/mol. The molecule has 0 bridgehead atoms. The maximum atomic E-state index is 5.85. The zero-order valence-corrected chi connectivity index (χ0v) is 9.50. The molecule has 0 saturated carbocycles. The van der Waals surface area contributed by atoms with Crippen LogP contribution in [0.3, 0.4) is 0 Å². The van der Waals surface area contributed by atoms with E-state index >= 15 is 0 Å². The van der Waals surface area contributed by atoms with Gasteiger partial charge in [-0.25, -0.2) is 4.98 Å². The number of fused-ring (bicyclic) bond motifs is 1. The SMILES string of the molecule is Clc1cc2[nH]cc(N3CCOCC3)c2cn1. The summed E-state index contributed by atoms with van der Waals surface area (Å²) >= 11 is 5.85. The van der Waals surface area contributed by atoms with Gasteiger partial charge in [0.15, 0.2) is 0 Å². The first kappa shape index (κ1) is 9.93. The van der Waals surface area contributed by atoms with Crippen LogP contribution in [0.5, 0.6) is 0 Å². The van der Waals surface area contributed by atoms with Gasteiger partial charge in [-0.1, -0.05) is 11.6 Å². The highest BCUT2D eigenvalue weighted by Crippen LogP contribution is 2.27. The highest BCUT2D eigenvalue weighted by atomic mass is 35.5. The lowest BCUT2D eigenvalue weighted by atomic mass is 10.2. The van der Waals surface area contributed by atoms with Crippen LogP contribution in [0.25, 0.3) is 10.9 Å². The maximum absolute atomic E-state index is 5.85. The van der Waals surface area contributed by atoms with Crippen molar-refractivity contribution < 1.29 is 4.74 Å². The van der Waals surface area contributed by atoms with Crippen LogP contribution in [-0.4, -0.2) is 36.3 Å². The van der Waals surface area contributed by atoms with E-state index < -0.39 is 0 Å². The maximum Gasteiger partial charge on any atom is 0.131 e. The summed E-state index contributed by atoms with van der Waals surface area (Å²) in [5.74, 6) is 0. The number of hydrogen-bond acceptors (Lipinski definition) is 3. The molecule has 0 radical (unpaired) electrons. The normalized spacial score (nSPS) is 16.9. The Balaban J connectivity index is 2.03. The van der Waals surface area contributed by atoms with E-state index in [9.17, 15) is 0 Å². The molecular weight excluding hydrogens is 226 g/mol. The first-order valence-corrected chi connectivity index (χ1v) is 5.68. The summed E-state index contributed by atoms with van der Waals surface area (Å²) in [5, 5.41) is 1.63. The molecule has 4 nitrogen and oxygen atoms in total. The van der Waals surface area contributed by atoms with Crippen molar-refractivity contribution in [2.45, 2.75) is 0 Å². The fourth-order valence-corrected chi connectivity index (χ4v) is 2.20. The third-order valence-corrected chi connectivity index (χ3v) is 3.07. The van der Waals surface area contributed by atoms with Gasteiger partial charge in [0.2, 0.25) is 0 Å². The number of morpholine rings is 1. The lowest BCUT2D eigenvalue weighted by molar-refractivity contribution is 0.123. The number of aromatic amines is 1. The third kappa shape index (κ3) is 1.64. The van der Waals surface area contributed by atoms with Crippen molar-refractivity contribution in [3.63, 3.8) is 0 Å². The van der Waals surface area contributed by atoms with Crippen LogP contribution in [0.2, 0.25) is 5.15 Å². The van der Waals surface area contributed by atoms with Gasteiger partial charge in [-0.3, -0.25) is 0 Å². The molecule has 1 fully saturated rings. The summed E-state index contributed by atoms with van der Waals surface area (Å²) in [6, 6.07) is 1.85. The number of aromatic nitrogens is 2. The molecule has 2 aromatic heterocycles. The minimum atomic E-state index is 0.517. The van der Waals surface area contributed by atoms with Crippen LogP contribution in [0.1, 0.15) is 0 Å². The molecule has 0 aliphatic carbocycles. The van der Waals surface area contributed by atoms with Gasteiger partial charge in [0.25, 0.3) is 0 Å². The van der Waals surface area contributed by atoms with Crippen molar-refractivity contribution >= 4 is 28.2 Å². The summed E-state index contributed by atoms with van der Waals surface area (Å²) in [4.78, 5) is 9.65. The van der Waals surface area contributed by atoms with Crippen LogP contribution < -0.4 is 4.90 Å². The predicted molar refractivity (Wildman–Crippen MR) is 64.1 cm³/mol. The zero-order chi connectivity index (χ0) is 11.0. The Morgan fingerprint density at radius 2 is 2.19 bits per heavy atom. The van der Waals surface area contributed by atoms with Gasteiger partial charge in [-0.15, -0.1) is 0 Å². The highest BCUT2D eigenvalue weighted by Gasteiger charge is 2.15. The number of H-pyrrole nitrogens is 1. The standard InChI is InChI=1S/C11H12ClN3O/c12-11-5-9-8(6-14-11)10(7-13-9)15-1-3-16-4-2-15/h5-7,13H,1-4H2. The van der Waals surface area contributed by atoms with Crippen molar-refractivity contribution in [3.8, 4) is 0 Å². The molecule has 0 aromatic carbocycles. The largest absolute Gasteiger partial charge is 0.378 e. The van der Waals surface area contributed by atoms with Crippen molar-refractivity contribution in [2.75, 3.05) is 31.2 Å². The van der Waals surface area contributed by atoms with E-state index in [0.717, 1.165) is 37.2 Å². The van der Waals surface area contributed by atoms with Gasteiger partial charge < -0.3 is 14.6 Å². The Kier molecular flexibility index (Phi) is 2.46. The number of anilines is 1. The molecule has 3 rings (SSSR count). The van der Waals surface area contributed by atoms with E-state index in [1.165, 1.54) is 5.69 Å². The van der Waals surface area contributed by atoms with Gasteiger partial charge in [0.05, 0.1) is 24.4 Å². The minimum absolute atomic E-state index is 0.517. The summed E-state index contributed by atoms with van der Waals surface area (Å²) in [6.07, 6.45) is 3.83. The number of pyridine rings is 1. The number of halogens is 1. The van der Waals surface area contributed by atoms with E-state index in [1.807, 2.05) is 18.5 Å². The zero-order valence-electron chi connectivity index (χ0n) is 8.74. The molecule has 2 aromatic rings. The Morgan fingerprint density at radius 3 is 3.00 bits per heavy atom.